The number of hydrogen-bond donors (Lipinski definition) is 3. The molecule has 4 atom stereocenters. The fraction of sp³-hybridized carbons (Fsp3) is 0.857. The van der Waals surface area contributed by atoms with Crippen LogP contribution in [0.5, 0.6) is 0 Å². The van der Waals surface area contributed by atoms with Gasteiger partial charge in [-0.2, -0.15) is 0 Å². The van der Waals surface area contributed by atoms with E-state index >= 15 is 0 Å². The normalized spacial score (nSPS) is 26.5. The largest absolute Gasteiger partial charge is 0.481 e. The summed E-state index contributed by atoms with van der Waals surface area (Å²) in [4.78, 5) is 22.9. The van der Waals surface area contributed by atoms with E-state index in [1.807, 2.05) is 20.8 Å². The van der Waals surface area contributed by atoms with Crippen LogP contribution in [0, 0.1) is 5.92 Å². The first-order valence-electron chi connectivity index (χ1n) is 7.23. The average molecular weight is 270 g/mol. The van der Waals surface area contributed by atoms with Crippen LogP contribution >= 0.6 is 0 Å². The van der Waals surface area contributed by atoms with E-state index in [1.165, 1.54) is 0 Å². The number of carbonyl (C=O) groups excluding carboxylic acids is 1. The van der Waals surface area contributed by atoms with E-state index < -0.39 is 5.97 Å². The minimum absolute atomic E-state index is 0.00759. The Morgan fingerprint density at radius 1 is 1.32 bits per heavy atom. The first-order chi connectivity index (χ1) is 8.93. The van der Waals surface area contributed by atoms with Crippen LogP contribution in [0.15, 0.2) is 0 Å². The zero-order chi connectivity index (χ0) is 14.4. The lowest BCUT2D eigenvalue weighted by molar-refractivity contribution is -0.143. The Morgan fingerprint density at radius 2 is 2.00 bits per heavy atom. The minimum Gasteiger partial charge on any atom is -0.481 e. The molecule has 0 bridgehead atoms. The molecule has 1 aliphatic rings. The van der Waals surface area contributed by atoms with Gasteiger partial charge in [-0.25, -0.2) is 0 Å². The van der Waals surface area contributed by atoms with Crippen molar-refractivity contribution in [3.8, 4) is 0 Å². The summed E-state index contributed by atoms with van der Waals surface area (Å²) >= 11 is 0. The minimum atomic E-state index is -0.719. The van der Waals surface area contributed by atoms with Crippen LogP contribution in [0.1, 0.15) is 52.9 Å². The van der Waals surface area contributed by atoms with E-state index in [9.17, 15) is 9.59 Å². The molecule has 5 nitrogen and oxygen atoms in total. The Bertz CT molecular complexity index is 320. The summed E-state index contributed by atoms with van der Waals surface area (Å²) in [5.74, 6) is -0.994. The molecule has 0 heterocycles. The molecule has 3 N–H and O–H groups in total. The first-order valence-corrected chi connectivity index (χ1v) is 7.23. The van der Waals surface area contributed by atoms with Crippen LogP contribution in [0.3, 0.4) is 0 Å². The van der Waals surface area contributed by atoms with Crippen molar-refractivity contribution in [1.29, 1.82) is 0 Å². The Labute approximate surface area is 115 Å². The summed E-state index contributed by atoms with van der Waals surface area (Å²) in [6.45, 7) is 5.84. The number of carboxylic acids is 1. The van der Waals surface area contributed by atoms with Crippen LogP contribution in [-0.2, 0) is 9.59 Å². The van der Waals surface area contributed by atoms with Gasteiger partial charge in [0.2, 0.25) is 5.91 Å². The number of nitrogens with one attached hydrogen (secondary N) is 2. The number of amides is 1. The SMILES string of the molecule is CCC(C)NC(=O)C(C)NC1CCCC(C(=O)O)C1. The third kappa shape index (κ3) is 5.19. The van der Waals surface area contributed by atoms with Crippen molar-refractivity contribution in [3.05, 3.63) is 0 Å². The number of aliphatic carboxylic acids is 1. The first kappa shape index (κ1) is 16.0. The van der Waals surface area contributed by atoms with Gasteiger partial charge in [0.15, 0.2) is 0 Å². The zero-order valence-electron chi connectivity index (χ0n) is 12.1. The maximum atomic E-state index is 11.9. The number of rotatable bonds is 6. The van der Waals surface area contributed by atoms with Crippen LogP contribution in [0.4, 0.5) is 0 Å². The average Bonchev–Trinajstić information content (AvgIpc) is 2.38. The van der Waals surface area contributed by atoms with Crippen LogP contribution in [0.2, 0.25) is 0 Å². The molecule has 0 aromatic rings. The summed E-state index contributed by atoms with van der Waals surface area (Å²) in [5.41, 5.74) is 0. The second-order valence-electron chi connectivity index (χ2n) is 5.60. The van der Waals surface area contributed by atoms with E-state index in [0.29, 0.717) is 6.42 Å². The highest BCUT2D eigenvalue weighted by Gasteiger charge is 2.28. The summed E-state index contributed by atoms with van der Waals surface area (Å²) in [6, 6.07) is 0.0361. The smallest absolute Gasteiger partial charge is 0.306 e. The standard InChI is InChI=1S/C14H26N2O3/c1-4-9(2)15-13(17)10(3)16-12-7-5-6-11(8-12)14(18)19/h9-12,16H,4-8H2,1-3H3,(H,15,17)(H,18,19). The number of hydrogen-bond acceptors (Lipinski definition) is 3. The van der Waals surface area contributed by atoms with Gasteiger partial charge in [0, 0.05) is 12.1 Å². The highest BCUT2D eigenvalue weighted by atomic mass is 16.4. The fourth-order valence-electron chi connectivity index (χ4n) is 2.46. The van der Waals surface area contributed by atoms with Crippen molar-refractivity contribution >= 4 is 11.9 Å². The molecule has 5 heteroatoms. The third-order valence-corrected chi connectivity index (χ3v) is 3.90. The van der Waals surface area contributed by atoms with Gasteiger partial charge in [-0.1, -0.05) is 13.3 Å². The predicted octanol–water partition coefficient (Wildman–Crippen LogP) is 1.52. The quantitative estimate of drug-likeness (QED) is 0.684. The molecule has 1 saturated carbocycles. The molecule has 1 amide bonds. The molecule has 0 spiro atoms. The Kier molecular flexibility index (Phi) is 6.28. The van der Waals surface area contributed by atoms with Crippen molar-refractivity contribution in [2.45, 2.75) is 71.0 Å². The summed E-state index contributed by atoms with van der Waals surface area (Å²) in [6.07, 6.45) is 4.14. The maximum Gasteiger partial charge on any atom is 0.306 e. The van der Waals surface area contributed by atoms with E-state index in [0.717, 1.165) is 25.7 Å². The van der Waals surface area contributed by atoms with Crippen molar-refractivity contribution in [2.75, 3.05) is 0 Å². The molecule has 0 aliphatic heterocycles. The molecule has 19 heavy (non-hydrogen) atoms. The number of carbonyl (C=O) groups is 2. The highest BCUT2D eigenvalue weighted by molar-refractivity contribution is 5.81. The van der Waals surface area contributed by atoms with Gasteiger partial charge in [-0.15, -0.1) is 0 Å². The molecule has 110 valence electrons. The molecular formula is C14H26N2O3. The predicted molar refractivity (Wildman–Crippen MR) is 73.9 cm³/mol. The lowest BCUT2D eigenvalue weighted by Gasteiger charge is -2.30. The molecule has 1 aliphatic carbocycles. The van der Waals surface area contributed by atoms with Gasteiger partial charge < -0.3 is 15.7 Å². The van der Waals surface area contributed by atoms with Crippen molar-refractivity contribution in [2.24, 2.45) is 5.92 Å². The molecule has 4 unspecified atom stereocenters. The summed E-state index contributed by atoms with van der Waals surface area (Å²) in [5, 5.41) is 15.2. The molecule has 1 rings (SSSR count). The van der Waals surface area contributed by atoms with Crippen LogP contribution < -0.4 is 10.6 Å². The van der Waals surface area contributed by atoms with Gasteiger partial charge in [0.1, 0.15) is 0 Å². The van der Waals surface area contributed by atoms with Crippen molar-refractivity contribution in [3.63, 3.8) is 0 Å². The van der Waals surface area contributed by atoms with Gasteiger partial charge in [0.05, 0.1) is 12.0 Å². The molecular weight excluding hydrogens is 244 g/mol. The maximum absolute atomic E-state index is 11.9. The van der Waals surface area contributed by atoms with Crippen molar-refractivity contribution < 1.29 is 14.7 Å². The van der Waals surface area contributed by atoms with E-state index in [-0.39, 0.29) is 30.0 Å². The highest BCUT2D eigenvalue weighted by Crippen LogP contribution is 2.24. The molecule has 0 aromatic carbocycles. The molecule has 0 saturated heterocycles. The Hall–Kier alpha value is -1.10. The Balaban J connectivity index is 2.41. The third-order valence-electron chi connectivity index (χ3n) is 3.90. The second kappa shape index (κ2) is 7.48. The van der Waals surface area contributed by atoms with E-state index in [1.54, 1.807) is 0 Å². The Morgan fingerprint density at radius 3 is 2.58 bits per heavy atom. The monoisotopic (exact) mass is 270 g/mol. The topological polar surface area (TPSA) is 78.4 Å². The zero-order valence-corrected chi connectivity index (χ0v) is 12.1. The molecule has 1 fully saturated rings. The lowest BCUT2D eigenvalue weighted by atomic mass is 9.85. The number of carboxylic acid groups (broad SMARTS) is 1. The molecule has 0 aromatic heterocycles. The van der Waals surface area contributed by atoms with Gasteiger partial charge >= 0.3 is 5.97 Å². The second-order valence-corrected chi connectivity index (χ2v) is 5.60. The fourth-order valence-corrected chi connectivity index (χ4v) is 2.46. The van der Waals surface area contributed by atoms with E-state index in [4.69, 9.17) is 5.11 Å². The van der Waals surface area contributed by atoms with Gasteiger partial charge in [-0.05, 0) is 39.5 Å². The summed E-state index contributed by atoms with van der Waals surface area (Å²) < 4.78 is 0. The van der Waals surface area contributed by atoms with E-state index in [2.05, 4.69) is 10.6 Å². The van der Waals surface area contributed by atoms with Crippen LogP contribution in [-0.4, -0.2) is 35.1 Å². The van der Waals surface area contributed by atoms with Gasteiger partial charge in [0.25, 0.3) is 0 Å². The van der Waals surface area contributed by atoms with Crippen molar-refractivity contribution in [1.82, 2.24) is 10.6 Å². The molecule has 0 radical (unpaired) electrons. The summed E-state index contributed by atoms with van der Waals surface area (Å²) in [7, 11) is 0. The van der Waals surface area contributed by atoms with Gasteiger partial charge in [-0.3, -0.25) is 9.59 Å². The van der Waals surface area contributed by atoms with Crippen LogP contribution in [0.25, 0.3) is 0 Å². The lowest BCUT2D eigenvalue weighted by Crippen LogP contribution is -2.50.